The summed E-state index contributed by atoms with van der Waals surface area (Å²) in [5.41, 5.74) is 1.90. The van der Waals surface area contributed by atoms with Crippen molar-refractivity contribution in [1.82, 2.24) is 5.32 Å². The van der Waals surface area contributed by atoms with Crippen molar-refractivity contribution in [2.24, 2.45) is 0 Å². The predicted molar refractivity (Wildman–Crippen MR) is 71.1 cm³/mol. The van der Waals surface area contributed by atoms with E-state index in [0.29, 0.717) is 5.75 Å². The first-order valence-electron chi connectivity index (χ1n) is 5.80. The van der Waals surface area contributed by atoms with Crippen LogP contribution in [0, 0.1) is 6.92 Å². The van der Waals surface area contributed by atoms with Crippen LogP contribution in [0.2, 0.25) is 0 Å². The molecule has 0 bridgehead atoms. The first-order valence-corrected chi connectivity index (χ1v) is 5.80. The molecule has 0 aliphatic heterocycles. The molecule has 1 amide bonds. The fourth-order valence-electron chi connectivity index (χ4n) is 1.68. The minimum absolute atomic E-state index is 0.277. The number of nitrogens with one attached hydrogen (secondary N) is 1. The zero-order chi connectivity index (χ0) is 14.4. The van der Waals surface area contributed by atoms with E-state index in [-0.39, 0.29) is 6.04 Å². The molecule has 19 heavy (non-hydrogen) atoms. The molecule has 1 atom stereocenters. The Morgan fingerprint density at radius 1 is 1.37 bits per heavy atom. The van der Waals surface area contributed by atoms with Gasteiger partial charge in [0.25, 0.3) is 0 Å². The molecule has 5 heteroatoms. The number of amides is 1. The Balaban J connectivity index is 2.83. The molecular weight excluding hydrogens is 246 g/mol. The summed E-state index contributed by atoms with van der Waals surface area (Å²) in [5, 5.41) is 11.1. The van der Waals surface area contributed by atoms with Crippen LogP contribution in [0.3, 0.4) is 0 Å². The summed E-state index contributed by atoms with van der Waals surface area (Å²) in [5.74, 6) is -0.935. The second-order valence-corrected chi connectivity index (χ2v) is 4.15. The molecule has 0 fully saturated rings. The standard InChI is InChI=1S/C14H17NO4/c1-9-4-5-12(19-3)11(8-9)10(2)15-13(16)6-7-14(17)18/h4-8,10H,1-3H3,(H,15,16)(H,17,18)/b7-6+. The van der Waals surface area contributed by atoms with Gasteiger partial charge in [-0.05, 0) is 19.9 Å². The molecule has 2 N–H and O–H groups in total. The zero-order valence-corrected chi connectivity index (χ0v) is 11.1. The number of hydrogen-bond acceptors (Lipinski definition) is 3. The summed E-state index contributed by atoms with van der Waals surface area (Å²) in [7, 11) is 1.56. The van der Waals surface area contributed by atoms with Crippen molar-refractivity contribution < 1.29 is 19.4 Å². The second kappa shape index (κ2) is 6.58. The number of carbonyl (C=O) groups is 2. The van der Waals surface area contributed by atoms with Crippen LogP contribution in [0.1, 0.15) is 24.1 Å². The van der Waals surface area contributed by atoms with Crippen LogP contribution in [-0.2, 0) is 9.59 Å². The molecule has 0 aliphatic carbocycles. The number of carboxylic acids is 1. The SMILES string of the molecule is COc1ccc(C)cc1C(C)NC(=O)/C=C/C(=O)O. The number of rotatable bonds is 5. The van der Waals surface area contributed by atoms with Gasteiger partial charge < -0.3 is 15.2 Å². The number of aliphatic carboxylic acids is 1. The van der Waals surface area contributed by atoms with Gasteiger partial charge in [-0.1, -0.05) is 17.7 Å². The van der Waals surface area contributed by atoms with Crippen molar-refractivity contribution in [1.29, 1.82) is 0 Å². The van der Waals surface area contributed by atoms with Crippen LogP contribution < -0.4 is 10.1 Å². The molecule has 1 aromatic rings. The molecule has 1 unspecified atom stereocenters. The van der Waals surface area contributed by atoms with Crippen molar-refractivity contribution in [3.63, 3.8) is 0 Å². The minimum Gasteiger partial charge on any atom is -0.496 e. The van der Waals surface area contributed by atoms with Gasteiger partial charge in [-0.25, -0.2) is 4.79 Å². The van der Waals surface area contributed by atoms with Gasteiger partial charge in [0.2, 0.25) is 5.91 Å². The molecule has 0 aliphatic rings. The van der Waals surface area contributed by atoms with Crippen molar-refractivity contribution in [3.8, 4) is 5.75 Å². The summed E-state index contributed by atoms with van der Waals surface area (Å²) >= 11 is 0. The molecule has 0 saturated heterocycles. The van der Waals surface area contributed by atoms with Crippen molar-refractivity contribution >= 4 is 11.9 Å². The Morgan fingerprint density at radius 3 is 2.63 bits per heavy atom. The van der Waals surface area contributed by atoms with E-state index in [1.165, 1.54) is 0 Å². The van der Waals surface area contributed by atoms with Crippen LogP contribution in [0.25, 0.3) is 0 Å². The van der Waals surface area contributed by atoms with E-state index < -0.39 is 11.9 Å². The highest BCUT2D eigenvalue weighted by Gasteiger charge is 2.13. The maximum absolute atomic E-state index is 11.5. The normalized spacial score (nSPS) is 12.2. The largest absolute Gasteiger partial charge is 0.496 e. The van der Waals surface area contributed by atoms with Crippen molar-refractivity contribution in [2.75, 3.05) is 7.11 Å². The fraction of sp³-hybridized carbons (Fsp3) is 0.286. The van der Waals surface area contributed by atoms with E-state index in [0.717, 1.165) is 23.3 Å². The van der Waals surface area contributed by atoms with E-state index >= 15 is 0 Å². The minimum atomic E-state index is -1.16. The Morgan fingerprint density at radius 2 is 2.05 bits per heavy atom. The number of carbonyl (C=O) groups excluding carboxylic acids is 1. The van der Waals surface area contributed by atoms with Gasteiger partial charge in [0, 0.05) is 17.7 Å². The summed E-state index contributed by atoms with van der Waals surface area (Å²) in [6.45, 7) is 3.76. The van der Waals surface area contributed by atoms with Gasteiger partial charge >= 0.3 is 5.97 Å². The van der Waals surface area contributed by atoms with Crippen LogP contribution in [0.4, 0.5) is 0 Å². The lowest BCUT2D eigenvalue weighted by Gasteiger charge is -2.17. The van der Waals surface area contributed by atoms with E-state index in [2.05, 4.69) is 5.32 Å². The molecule has 0 aromatic heterocycles. The Kier molecular flexibility index (Phi) is 5.11. The first kappa shape index (κ1) is 14.8. The molecule has 1 rings (SSSR count). The summed E-state index contributed by atoms with van der Waals surface area (Å²) in [4.78, 5) is 21.8. The summed E-state index contributed by atoms with van der Waals surface area (Å²) in [6.07, 6.45) is 1.79. The average Bonchev–Trinajstić information content (AvgIpc) is 2.36. The number of benzene rings is 1. The van der Waals surface area contributed by atoms with Gasteiger partial charge in [-0.15, -0.1) is 0 Å². The molecule has 0 spiro atoms. The molecular formula is C14H17NO4. The van der Waals surface area contributed by atoms with Gasteiger partial charge in [0.15, 0.2) is 0 Å². The van der Waals surface area contributed by atoms with Crippen molar-refractivity contribution in [2.45, 2.75) is 19.9 Å². The highest BCUT2D eigenvalue weighted by atomic mass is 16.5. The topological polar surface area (TPSA) is 75.6 Å². The van der Waals surface area contributed by atoms with Crippen LogP contribution in [-0.4, -0.2) is 24.1 Å². The highest BCUT2D eigenvalue weighted by Crippen LogP contribution is 2.25. The zero-order valence-electron chi connectivity index (χ0n) is 11.1. The smallest absolute Gasteiger partial charge is 0.328 e. The predicted octanol–water partition coefficient (Wildman–Crippen LogP) is 1.82. The van der Waals surface area contributed by atoms with Crippen LogP contribution in [0.15, 0.2) is 30.4 Å². The fourth-order valence-corrected chi connectivity index (χ4v) is 1.68. The molecule has 102 valence electrons. The second-order valence-electron chi connectivity index (χ2n) is 4.15. The van der Waals surface area contributed by atoms with E-state index in [1.54, 1.807) is 7.11 Å². The number of aryl methyl sites for hydroxylation is 1. The Labute approximate surface area is 111 Å². The van der Waals surface area contributed by atoms with Gasteiger partial charge in [0.05, 0.1) is 13.2 Å². The number of methoxy groups -OCH3 is 1. The summed E-state index contributed by atoms with van der Waals surface area (Å²) in [6, 6.07) is 5.40. The van der Waals surface area contributed by atoms with Crippen molar-refractivity contribution in [3.05, 3.63) is 41.5 Å². The molecule has 1 aromatic carbocycles. The Bertz CT molecular complexity index is 508. The number of hydrogen-bond donors (Lipinski definition) is 2. The van der Waals surface area contributed by atoms with Gasteiger partial charge in [0.1, 0.15) is 5.75 Å². The molecule has 5 nitrogen and oxygen atoms in total. The summed E-state index contributed by atoms with van der Waals surface area (Å²) < 4.78 is 5.24. The van der Waals surface area contributed by atoms with E-state index in [4.69, 9.17) is 9.84 Å². The monoisotopic (exact) mass is 263 g/mol. The highest BCUT2D eigenvalue weighted by molar-refractivity contribution is 5.94. The maximum atomic E-state index is 11.5. The molecule has 0 heterocycles. The molecule has 0 radical (unpaired) electrons. The third kappa shape index (κ3) is 4.46. The number of carboxylic acid groups (broad SMARTS) is 1. The lowest BCUT2D eigenvalue weighted by molar-refractivity contribution is -0.131. The quantitative estimate of drug-likeness (QED) is 0.794. The lowest BCUT2D eigenvalue weighted by Crippen LogP contribution is -2.25. The van der Waals surface area contributed by atoms with Gasteiger partial charge in [-0.3, -0.25) is 4.79 Å². The van der Waals surface area contributed by atoms with E-state index in [9.17, 15) is 9.59 Å². The third-order valence-corrected chi connectivity index (χ3v) is 2.59. The molecule has 0 saturated carbocycles. The van der Waals surface area contributed by atoms with Gasteiger partial charge in [-0.2, -0.15) is 0 Å². The third-order valence-electron chi connectivity index (χ3n) is 2.59. The van der Waals surface area contributed by atoms with Crippen LogP contribution >= 0.6 is 0 Å². The maximum Gasteiger partial charge on any atom is 0.328 e. The number of ether oxygens (including phenoxy) is 1. The average molecular weight is 263 g/mol. The van der Waals surface area contributed by atoms with Crippen LogP contribution in [0.5, 0.6) is 5.75 Å². The van der Waals surface area contributed by atoms with E-state index in [1.807, 2.05) is 32.0 Å². The lowest BCUT2D eigenvalue weighted by atomic mass is 10.0. The first-order chi connectivity index (χ1) is 8.93. The Hall–Kier alpha value is -2.30.